The number of aliphatic hydroxyl groups excluding tert-OH is 1. The van der Waals surface area contributed by atoms with Crippen molar-refractivity contribution in [1.29, 1.82) is 0 Å². The summed E-state index contributed by atoms with van der Waals surface area (Å²) in [7, 11) is 1.00. The fraction of sp³-hybridized carbons (Fsp3) is 0.375. The molecule has 0 aromatic heterocycles. The molecule has 0 aliphatic heterocycles. The first-order valence-electron chi connectivity index (χ1n) is 2.58. The van der Waals surface area contributed by atoms with Crippen molar-refractivity contribution in [1.82, 2.24) is 0 Å². The summed E-state index contributed by atoms with van der Waals surface area (Å²) in [6.07, 6.45) is 8.33. The smallest absolute Gasteiger partial charge is 0.0319 e. The average Bonchev–Trinajstić information content (AvgIpc) is 2.24. The predicted molar refractivity (Wildman–Crippen MR) is 40.7 cm³/mol. The molecule has 0 spiro atoms. The summed E-state index contributed by atoms with van der Waals surface area (Å²) < 4.78 is 0. The van der Waals surface area contributed by atoms with Crippen LogP contribution < -0.4 is 0 Å². The predicted octanol–water partition coefficient (Wildman–Crippen LogP) is 1.75. The van der Waals surface area contributed by atoms with Crippen LogP contribution in [-0.2, 0) is 25.8 Å². The van der Waals surface area contributed by atoms with E-state index in [1.165, 1.54) is 5.57 Å². The summed E-state index contributed by atoms with van der Waals surface area (Å²) >= 11 is 0. The molecule has 10 heavy (non-hydrogen) atoms. The second-order valence-corrected chi connectivity index (χ2v) is 1.47. The van der Waals surface area contributed by atoms with E-state index in [2.05, 4.69) is 25.2 Å². The second-order valence-electron chi connectivity index (χ2n) is 1.47. The van der Waals surface area contributed by atoms with Gasteiger partial charge in [0.2, 0.25) is 0 Å². The Bertz CT molecular complexity index is 103. The van der Waals surface area contributed by atoms with Crippen molar-refractivity contribution in [2.75, 3.05) is 7.11 Å². The van der Waals surface area contributed by atoms with Crippen molar-refractivity contribution in [2.45, 2.75) is 13.3 Å². The van der Waals surface area contributed by atoms with Gasteiger partial charge in [-0.1, -0.05) is 6.92 Å². The Morgan fingerprint density at radius 1 is 1.50 bits per heavy atom. The molecule has 0 amide bonds. The molecule has 0 fully saturated rings. The van der Waals surface area contributed by atoms with Gasteiger partial charge in [-0.15, -0.1) is 6.42 Å². The van der Waals surface area contributed by atoms with Crippen LogP contribution in [0.3, 0.4) is 0 Å². The molecule has 2 heteroatoms. The zero-order valence-corrected chi connectivity index (χ0v) is 10.4. The van der Waals surface area contributed by atoms with Gasteiger partial charge in [-0.2, -0.15) is 6.08 Å². The van der Waals surface area contributed by atoms with Crippen LogP contribution in [0.5, 0.6) is 0 Å². The zero-order chi connectivity index (χ0) is 6.41. The summed E-state index contributed by atoms with van der Waals surface area (Å²) in [4.78, 5) is 0. The monoisotopic (exact) mass is 306 g/mol. The largest absolute Gasteiger partial charge is 0.400 e. The number of aliphatic hydroxyl groups is 1. The normalized spacial score (nSPS) is 11.7. The Morgan fingerprint density at radius 3 is 2.10 bits per heavy atom. The van der Waals surface area contributed by atoms with E-state index in [1.54, 1.807) is 0 Å². The van der Waals surface area contributed by atoms with Crippen LogP contribution in [0, 0.1) is 13.5 Å². The Balaban J connectivity index is -0.000000114. The van der Waals surface area contributed by atoms with Crippen LogP contribution in [0.2, 0.25) is 0 Å². The van der Waals surface area contributed by atoms with Gasteiger partial charge in [0, 0.05) is 33.0 Å². The summed E-state index contributed by atoms with van der Waals surface area (Å²) in [6.45, 7) is 2.06. The zero-order valence-electron chi connectivity index (χ0n) is 6.81. The topological polar surface area (TPSA) is 20.2 Å². The van der Waals surface area contributed by atoms with Crippen LogP contribution in [0.1, 0.15) is 13.3 Å². The van der Waals surface area contributed by atoms with Gasteiger partial charge in [-0.3, -0.25) is 6.08 Å². The van der Waals surface area contributed by atoms with Crippen LogP contribution >= 0.6 is 0 Å². The Kier molecular flexibility index (Phi) is 20.1. The third-order valence-corrected chi connectivity index (χ3v) is 0.867. The fourth-order valence-corrected chi connectivity index (χ4v) is 0.515. The van der Waals surface area contributed by atoms with Gasteiger partial charge in [0.1, 0.15) is 0 Å². The molecule has 1 rings (SSSR count). The maximum atomic E-state index is 7.00. The van der Waals surface area contributed by atoms with Gasteiger partial charge in [0.05, 0.1) is 0 Å². The molecule has 0 atom stereocenters. The van der Waals surface area contributed by atoms with E-state index in [1.807, 2.05) is 0 Å². The number of rotatable bonds is 0. The van der Waals surface area contributed by atoms with Crippen LogP contribution in [0.4, 0.5) is 0 Å². The van der Waals surface area contributed by atoms with Gasteiger partial charge in [-0.05, 0) is 0 Å². The molecule has 58 valence electrons. The molecule has 1 aliphatic carbocycles. The average molecular weight is 305 g/mol. The minimum Gasteiger partial charge on any atom is -0.400 e. The molecule has 0 heterocycles. The molecule has 0 aromatic rings. The second kappa shape index (κ2) is 12.0. The summed E-state index contributed by atoms with van der Waals surface area (Å²) in [5.74, 6) is 0. The van der Waals surface area contributed by atoms with Gasteiger partial charge >= 0.3 is 0 Å². The minimum atomic E-state index is 0. The molecular weight excluding hydrogens is 291 g/mol. The summed E-state index contributed by atoms with van der Waals surface area (Å²) in [5.41, 5.74) is 1.27. The van der Waals surface area contributed by atoms with Crippen LogP contribution in [0.15, 0.2) is 17.7 Å². The number of allylic oxidation sites excluding steroid dienone is 4. The molecule has 0 saturated heterocycles. The molecule has 0 radical (unpaired) electrons. The summed E-state index contributed by atoms with van der Waals surface area (Å²) in [5, 5.41) is 7.00. The van der Waals surface area contributed by atoms with E-state index in [-0.39, 0.29) is 33.3 Å². The van der Waals surface area contributed by atoms with Crippen molar-refractivity contribution in [2.24, 2.45) is 0 Å². The third kappa shape index (κ3) is 8.31. The Labute approximate surface area is 82.6 Å². The van der Waals surface area contributed by atoms with Gasteiger partial charge < -0.3 is 12.5 Å². The van der Waals surface area contributed by atoms with Crippen molar-refractivity contribution < 1.29 is 30.9 Å². The maximum absolute atomic E-state index is 7.00. The first-order valence-corrected chi connectivity index (χ1v) is 2.58. The van der Waals surface area contributed by atoms with Crippen LogP contribution in [-0.4, -0.2) is 12.2 Å². The van der Waals surface area contributed by atoms with E-state index in [0.29, 0.717) is 0 Å². The molecule has 0 saturated carbocycles. The molecule has 0 aromatic carbocycles. The fourth-order valence-electron chi connectivity index (χ4n) is 0.515. The minimum absolute atomic E-state index is 0. The summed E-state index contributed by atoms with van der Waals surface area (Å²) in [6, 6.07) is 0. The van der Waals surface area contributed by atoms with Gasteiger partial charge in [-0.25, -0.2) is 11.6 Å². The molecular formula is C8H14HfO-2. The molecule has 1 aliphatic rings. The van der Waals surface area contributed by atoms with Gasteiger partial charge in [0.25, 0.3) is 0 Å². The number of hydrogen-bond donors (Lipinski definition) is 1. The molecule has 0 bridgehead atoms. The van der Waals surface area contributed by atoms with Crippen LogP contribution in [0.25, 0.3) is 0 Å². The van der Waals surface area contributed by atoms with E-state index in [4.69, 9.17) is 5.11 Å². The van der Waals surface area contributed by atoms with Crippen molar-refractivity contribution in [3.63, 3.8) is 0 Å². The SMILES string of the molecule is CC1=[C-]CC=C1.CO.[CH3-].[Hf]. The van der Waals surface area contributed by atoms with Crippen molar-refractivity contribution in [3.05, 3.63) is 31.2 Å². The van der Waals surface area contributed by atoms with Crippen molar-refractivity contribution >= 4 is 0 Å². The first-order chi connectivity index (χ1) is 3.89. The maximum Gasteiger partial charge on any atom is 0.0319 e. The van der Waals surface area contributed by atoms with E-state index >= 15 is 0 Å². The first kappa shape index (κ1) is 16.7. The third-order valence-electron chi connectivity index (χ3n) is 0.867. The molecule has 1 N–H and O–H groups in total. The van der Waals surface area contributed by atoms with E-state index in [0.717, 1.165) is 13.5 Å². The van der Waals surface area contributed by atoms with E-state index in [9.17, 15) is 0 Å². The molecule has 1 nitrogen and oxygen atoms in total. The van der Waals surface area contributed by atoms with E-state index < -0.39 is 0 Å². The standard InChI is InChI=1S/C6H7.CH4O.CH3.Hf/c1-6-4-2-3-5-6;1-2;;/h2,4H,3H2,1H3;2H,1H3;1H3;/q-1;;-1;. The number of hydrogen-bond acceptors (Lipinski definition) is 1. The Hall–Kier alpha value is 0.310. The van der Waals surface area contributed by atoms with Crippen molar-refractivity contribution in [3.8, 4) is 0 Å². The quantitative estimate of drug-likeness (QED) is 0.534. The molecule has 0 unspecified atom stereocenters. The Morgan fingerprint density at radius 2 is 2.00 bits per heavy atom. The van der Waals surface area contributed by atoms with Gasteiger partial charge in [0.15, 0.2) is 0 Å².